The molecule has 1 aliphatic carbocycles. The van der Waals surface area contributed by atoms with Gasteiger partial charge in [-0.3, -0.25) is 9.59 Å². The molecule has 126 valence electrons. The molecule has 0 radical (unpaired) electrons. The van der Waals surface area contributed by atoms with Gasteiger partial charge in [-0.05, 0) is 35.1 Å². The largest absolute Gasteiger partial charge is 0.338 e. The molecule has 2 amide bonds. The Morgan fingerprint density at radius 3 is 2.78 bits per heavy atom. The number of carbonyl (C=O) groups excluding carboxylic acids is 2. The summed E-state index contributed by atoms with van der Waals surface area (Å²) in [7, 11) is 0. The molecule has 1 atom stereocenters. The molecule has 8 nitrogen and oxygen atoms in total. The number of nitrogens with zero attached hydrogens (tertiary/aromatic N) is 6. The number of hydrogen-bond acceptors (Lipinski definition) is 5. The van der Waals surface area contributed by atoms with E-state index < -0.39 is 0 Å². The summed E-state index contributed by atoms with van der Waals surface area (Å²) in [4.78, 5) is 28.9. The normalized spacial score (nSPS) is 22.6. The second-order valence-electron chi connectivity index (χ2n) is 6.90. The van der Waals surface area contributed by atoms with E-state index in [4.69, 9.17) is 0 Å². The van der Waals surface area contributed by atoms with Gasteiger partial charge in [-0.25, -0.2) is 4.68 Å². The molecule has 1 aliphatic heterocycles. The van der Waals surface area contributed by atoms with Crippen molar-refractivity contribution in [2.75, 3.05) is 19.6 Å². The molecule has 2 aliphatic rings. The smallest absolute Gasteiger partial charge is 0.244 e. The first-order valence-electron chi connectivity index (χ1n) is 8.32. The Kier molecular flexibility index (Phi) is 4.58. The van der Waals surface area contributed by atoms with Crippen LogP contribution in [0.25, 0.3) is 0 Å². The summed E-state index contributed by atoms with van der Waals surface area (Å²) >= 11 is 0. The van der Waals surface area contributed by atoms with Crippen LogP contribution >= 0.6 is 0 Å². The number of tetrazole rings is 1. The van der Waals surface area contributed by atoms with E-state index in [9.17, 15) is 9.59 Å². The Bertz CT molecular complexity index is 554. The van der Waals surface area contributed by atoms with Crippen molar-refractivity contribution in [3.8, 4) is 0 Å². The third-order valence-electron chi connectivity index (χ3n) is 4.69. The average Bonchev–Trinajstić information content (AvgIpc) is 3.22. The Morgan fingerprint density at radius 2 is 2.17 bits per heavy atom. The number of hydrogen-bond donors (Lipinski definition) is 0. The molecule has 0 spiro atoms. The van der Waals surface area contributed by atoms with Crippen LogP contribution in [0.2, 0.25) is 0 Å². The summed E-state index contributed by atoms with van der Waals surface area (Å²) in [5.41, 5.74) is 0. The standard InChI is InChI=1S/C15H24N6O2/c1-11(2)13-8-19(15(23)9-20-10-16-17-18-20)6-5-14(22)21(13)7-12-3-4-12/h10-13H,3-9H2,1-2H3/t13-/m1/s1. The maximum absolute atomic E-state index is 12.5. The van der Waals surface area contributed by atoms with E-state index in [1.807, 2.05) is 4.90 Å². The first-order chi connectivity index (χ1) is 11.0. The third-order valence-corrected chi connectivity index (χ3v) is 4.69. The van der Waals surface area contributed by atoms with E-state index in [1.165, 1.54) is 23.9 Å². The molecule has 3 rings (SSSR count). The lowest BCUT2D eigenvalue weighted by atomic mass is 10.0. The van der Waals surface area contributed by atoms with Gasteiger partial charge in [0.1, 0.15) is 12.9 Å². The number of carbonyl (C=O) groups is 2. The van der Waals surface area contributed by atoms with Crippen LogP contribution < -0.4 is 0 Å². The Morgan fingerprint density at radius 1 is 1.39 bits per heavy atom. The zero-order chi connectivity index (χ0) is 16.4. The van der Waals surface area contributed by atoms with Crippen LogP contribution in [-0.2, 0) is 16.1 Å². The highest BCUT2D eigenvalue weighted by Crippen LogP contribution is 2.32. The van der Waals surface area contributed by atoms with Gasteiger partial charge in [0.2, 0.25) is 11.8 Å². The molecule has 2 heterocycles. The predicted octanol–water partition coefficient (Wildman–Crippen LogP) is 0.169. The summed E-state index contributed by atoms with van der Waals surface area (Å²) in [5.74, 6) is 1.11. The topological polar surface area (TPSA) is 84.2 Å². The summed E-state index contributed by atoms with van der Waals surface area (Å²) in [5, 5.41) is 10.8. The molecule has 2 fully saturated rings. The SMILES string of the molecule is CC(C)[C@H]1CN(C(=O)Cn2cnnn2)CCC(=O)N1CC1CC1. The van der Waals surface area contributed by atoms with Gasteiger partial charge < -0.3 is 9.80 Å². The van der Waals surface area contributed by atoms with Gasteiger partial charge in [0.25, 0.3) is 0 Å². The number of aromatic nitrogens is 4. The zero-order valence-electron chi connectivity index (χ0n) is 13.8. The lowest BCUT2D eigenvalue weighted by molar-refractivity contribution is -0.134. The van der Waals surface area contributed by atoms with E-state index in [0.717, 1.165) is 6.54 Å². The molecule has 1 aromatic heterocycles. The predicted molar refractivity (Wildman–Crippen MR) is 82.1 cm³/mol. The lowest BCUT2D eigenvalue weighted by Crippen LogP contribution is -2.48. The Labute approximate surface area is 135 Å². The minimum Gasteiger partial charge on any atom is -0.338 e. The van der Waals surface area contributed by atoms with Gasteiger partial charge in [0.05, 0.1) is 6.04 Å². The maximum atomic E-state index is 12.5. The van der Waals surface area contributed by atoms with Gasteiger partial charge in [-0.1, -0.05) is 13.8 Å². The van der Waals surface area contributed by atoms with Crippen molar-refractivity contribution in [3.05, 3.63) is 6.33 Å². The van der Waals surface area contributed by atoms with Gasteiger partial charge >= 0.3 is 0 Å². The minimum absolute atomic E-state index is 0.0379. The second kappa shape index (κ2) is 6.64. The van der Waals surface area contributed by atoms with Crippen molar-refractivity contribution >= 4 is 11.8 Å². The zero-order valence-corrected chi connectivity index (χ0v) is 13.8. The van der Waals surface area contributed by atoms with Crippen molar-refractivity contribution in [2.45, 2.75) is 45.7 Å². The summed E-state index contributed by atoms with van der Waals surface area (Å²) in [6.07, 6.45) is 4.27. The minimum atomic E-state index is -0.0379. The van der Waals surface area contributed by atoms with Crippen LogP contribution in [0.15, 0.2) is 6.33 Å². The first-order valence-corrected chi connectivity index (χ1v) is 8.32. The molecule has 1 aromatic rings. The van der Waals surface area contributed by atoms with Crippen molar-refractivity contribution in [1.29, 1.82) is 0 Å². The highest BCUT2D eigenvalue weighted by molar-refractivity contribution is 5.80. The van der Waals surface area contributed by atoms with Crippen LogP contribution in [0.1, 0.15) is 33.1 Å². The molecular formula is C15H24N6O2. The van der Waals surface area contributed by atoms with E-state index in [2.05, 4.69) is 29.4 Å². The summed E-state index contributed by atoms with van der Waals surface area (Å²) < 4.78 is 1.42. The molecule has 0 unspecified atom stereocenters. The fourth-order valence-corrected chi connectivity index (χ4v) is 3.08. The molecule has 0 bridgehead atoms. The molecule has 1 saturated carbocycles. The fourth-order valence-electron chi connectivity index (χ4n) is 3.08. The highest BCUT2D eigenvalue weighted by Gasteiger charge is 2.36. The van der Waals surface area contributed by atoms with Crippen LogP contribution in [0.5, 0.6) is 0 Å². The van der Waals surface area contributed by atoms with E-state index in [-0.39, 0.29) is 24.4 Å². The molecule has 0 N–H and O–H groups in total. The second-order valence-corrected chi connectivity index (χ2v) is 6.90. The Hall–Kier alpha value is -1.99. The van der Waals surface area contributed by atoms with Crippen LogP contribution in [0.4, 0.5) is 0 Å². The van der Waals surface area contributed by atoms with Crippen LogP contribution in [0.3, 0.4) is 0 Å². The summed E-state index contributed by atoms with van der Waals surface area (Å²) in [6, 6.07) is 0.0865. The quantitative estimate of drug-likeness (QED) is 0.772. The van der Waals surface area contributed by atoms with Crippen LogP contribution in [-0.4, -0.2) is 67.5 Å². The monoisotopic (exact) mass is 320 g/mol. The van der Waals surface area contributed by atoms with E-state index >= 15 is 0 Å². The van der Waals surface area contributed by atoms with Crippen molar-refractivity contribution < 1.29 is 9.59 Å². The van der Waals surface area contributed by atoms with Gasteiger partial charge in [0, 0.05) is 26.1 Å². The molecule has 23 heavy (non-hydrogen) atoms. The molecular weight excluding hydrogens is 296 g/mol. The Balaban J connectivity index is 1.70. The van der Waals surface area contributed by atoms with E-state index in [1.54, 1.807) is 4.90 Å². The van der Waals surface area contributed by atoms with Gasteiger partial charge in [-0.2, -0.15) is 0 Å². The summed E-state index contributed by atoms with van der Waals surface area (Å²) in [6.45, 7) is 6.27. The van der Waals surface area contributed by atoms with Crippen molar-refractivity contribution in [3.63, 3.8) is 0 Å². The fraction of sp³-hybridized carbons (Fsp3) is 0.800. The maximum Gasteiger partial charge on any atom is 0.244 e. The van der Waals surface area contributed by atoms with Crippen molar-refractivity contribution in [1.82, 2.24) is 30.0 Å². The average molecular weight is 320 g/mol. The first kappa shape index (κ1) is 15.9. The lowest BCUT2D eigenvalue weighted by Gasteiger charge is -2.34. The molecule has 8 heteroatoms. The van der Waals surface area contributed by atoms with E-state index in [0.29, 0.717) is 31.3 Å². The molecule has 0 aromatic carbocycles. The van der Waals surface area contributed by atoms with Crippen molar-refractivity contribution in [2.24, 2.45) is 11.8 Å². The van der Waals surface area contributed by atoms with Gasteiger partial charge in [-0.15, -0.1) is 5.10 Å². The molecule has 1 saturated heterocycles. The number of amides is 2. The van der Waals surface area contributed by atoms with Crippen LogP contribution in [0, 0.1) is 11.8 Å². The van der Waals surface area contributed by atoms with Gasteiger partial charge in [0.15, 0.2) is 0 Å². The third kappa shape index (κ3) is 3.86. The number of rotatable bonds is 5. The highest BCUT2D eigenvalue weighted by atomic mass is 16.2.